The number of carbonyl (C=O) groups excluding carboxylic acids is 3. The zero-order chi connectivity index (χ0) is 20.6. The molecule has 6 heteroatoms. The Morgan fingerprint density at radius 1 is 0.964 bits per heavy atom. The highest BCUT2D eigenvalue weighted by Crippen LogP contribution is 2.09. The van der Waals surface area contributed by atoms with Gasteiger partial charge in [-0.15, -0.1) is 0 Å². The molecule has 6 nitrogen and oxygen atoms in total. The number of carbonyl (C=O) groups is 3. The molecule has 0 aliphatic rings. The Hall–Kier alpha value is -3.15. The molecular formula is C22H26N2O4. The molecule has 2 amide bonds. The first kappa shape index (κ1) is 21.2. The summed E-state index contributed by atoms with van der Waals surface area (Å²) in [5.41, 5.74) is 2.25. The summed E-state index contributed by atoms with van der Waals surface area (Å²) in [6, 6.07) is 14.5. The number of nitrogens with one attached hydrogen (secondary N) is 2. The minimum atomic E-state index is -0.523. The van der Waals surface area contributed by atoms with Crippen LogP contribution in [-0.2, 0) is 17.7 Å². The maximum absolute atomic E-state index is 12.2. The minimum absolute atomic E-state index is 0.263. The molecule has 0 saturated heterocycles. The molecule has 0 fully saturated rings. The lowest BCUT2D eigenvalue weighted by molar-refractivity contribution is 0.0523. The molecule has 0 radical (unpaired) electrons. The fraction of sp³-hybridized carbons (Fsp3) is 0.318. The van der Waals surface area contributed by atoms with Crippen molar-refractivity contribution in [3.8, 4) is 0 Å². The van der Waals surface area contributed by atoms with Crippen molar-refractivity contribution in [3.05, 3.63) is 70.8 Å². The van der Waals surface area contributed by atoms with Crippen molar-refractivity contribution in [1.82, 2.24) is 10.6 Å². The molecule has 0 heterocycles. The Morgan fingerprint density at radius 3 is 2.25 bits per heavy atom. The van der Waals surface area contributed by atoms with E-state index in [4.69, 9.17) is 4.74 Å². The number of aldehydes is 1. The van der Waals surface area contributed by atoms with E-state index in [9.17, 15) is 14.4 Å². The van der Waals surface area contributed by atoms with Crippen molar-refractivity contribution in [1.29, 1.82) is 0 Å². The average Bonchev–Trinajstić information content (AvgIpc) is 2.66. The number of amides is 2. The summed E-state index contributed by atoms with van der Waals surface area (Å²) >= 11 is 0. The molecule has 0 aliphatic carbocycles. The molecule has 2 aromatic carbocycles. The monoisotopic (exact) mass is 382 g/mol. The third-order valence-corrected chi connectivity index (χ3v) is 3.89. The van der Waals surface area contributed by atoms with Gasteiger partial charge >= 0.3 is 6.09 Å². The molecule has 2 N–H and O–H groups in total. The maximum atomic E-state index is 12.2. The summed E-state index contributed by atoms with van der Waals surface area (Å²) in [4.78, 5) is 34.9. The zero-order valence-electron chi connectivity index (χ0n) is 16.5. The highest BCUT2D eigenvalue weighted by atomic mass is 16.6. The lowest BCUT2D eigenvalue weighted by Crippen LogP contribution is -2.32. The van der Waals surface area contributed by atoms with Crippen LogP contribution in [0.25, 0.3) is 0 Å². The molecule has 0 bridgehead atoms. The Balaban J connectivity index is 1.79. The lowest BCUT2D eigenvalue weighted by atomic mass is 10.1. The van der Waals surface area contributed by atoms with E-state index >= 15 is 0 Å². The van der Waals surface area contributed by atoms with E-state index in [0.29, 0.717) is 36.9 Å². The van der Waals surface area contributed by atoms with E-state index in [1.165, 1.54) is 0 Å². The second-order valence-electron chi connectivity index (χ2n) is 7.38. The molecule has 0 saturated carbocycles. The van der Waals surface area contributed by atoms with Crippen LogP contribution in [0.2, 0.25) is 0 Å². The summed E-state index contributed by atoms with van der Waals surface area (Å²) in [5.74, 6) is -0.263. The van der Waals surface area contributed by atoms with Crippen LogP contribution in [-0.4, -0.2) is 30.4 Å². The van der Waals surface area contributed by atoms with Crippen LogP contribution in [0.1, 0.15) is 52.6 Å². The van der Waals surface area contributed by atoms with Gasteiger partial charge in [0.25, 0.3) is 5.91 Å². The summed E-state index contributed by atoms with van der Waals surface area (Å²) < 4.78 is 5.20. The van der Waals surface area contributed by atoms with Gasteiger partial charge in [-0.2, -0.15) is 0 Å². The Bertz CT molecular complexity index is 823. The van der Waals surface area contributed by atoms with Crippen molar-refractivity contribution in [2.75, 3.05) is 6.54 Å². The topological polar surface area (TPSA) is 84.5 Å². The van der Waals surface area contributed by atoms with Gasteiger partial charge in [0.2, 0.25) is 0 Å². The fourth-order valence-electron chi connectivity index (χ4n) is 2.53. The van der Waals surface area contributed by atoms with E-state index in [-0.39, 0.29) is 5.91 Å². The molecule has 2 aromatic rings. The molecule has 2 rings (SSSR count). The Morgan fingerprint density at radius 2 is 1.61 bits per heavy atom. The largest absolute Gasteiger partial charge is 0.444 e. The predicted molar refractivity (Wildman–Crippen MR) is 107 cm³/mol. The number of alkyl carbamates (subject to hydrolysis) is 1. The highest BCUT2D eigenvalue weighted by molar-refractivity contribution is 6.01. The van der Waals surface area contributed by atoms with Crippen LogP contribution in [0, 0.1) is 0 Å². The first-order chi connectivity index (χ1) is 13.3. The van der Waals surface area contributed by atoms with Gasteiger partial charge in [0, 0.05) is 24.2 Å². The second-order valence-corrected chi connectivity index (χ2v) is 7.38. The van der Waals surface area contributed by atoms with Crippen molar-refractivity contribution < 1.29 is 19.1 Å². The van der Waals surface area contributed by atoms with Gasteiger partial charge in [-0.1, -0.05) is 42.5 Å². The number of ether oxygens (including phenoxy) is 1. The molecule has 0 spiro atoms. The highest BCUT2D eigenvalue weighted by Gasteiger charge is 2.15. The predicted octanol–water partition coefficient (Wildman–Crippen LogP) is 3.50. The quantitative estimate of drug-likeness (QED) is 0.718. The third kappa shape index (κ3) is 6.87. The standard InChI is InChI=1S/C22H26N2O4/c1-22(2,3)28-21(27)24-14-17-10-8-16(9-11-17)12-13-23-20(26)19-7-5-4-6-18(19)15-25/h4-11,15H,12-14H2,1-3H3,(H,23,26)(H,24,27). The summed E-state index contributed by atoms with van der Waals surface area (Å²) in [6.07, 6.45) is 0.892. The van der Waals surface area contributed by atoms with Gasteiger partial charge in [0.1, 0.15) is 5.60 Å². The van der Waals surface area contributed by atoms with Gasteiger partial charge in [-0.05, 0) is 44.4 Å². The summed E-state index contributed by atoms with van der Waals surface area (Å²) in [5, 5.41) is 5.54. The average molecular weight is 382 g/mol. The third-order valence-electron chi connectivity index (χ3n) is 3.89. The van der Waals surface area contributed by atoms with Crippen LogP contribution in [0.15, 0.2) is 48.5 Å². The van der Waals surface area contributed by atoms with E-state index in [1.54, 1.807) is 24.3 Å². The summed E-state index contributed by atoms with van der Waals surface area (Å²) in [7, 11) is 0. The molecule has 0 unspecified atom stereocenters. The number of benzene rings is 2. The van der Waals surface area contributed by atoms with E-state index in [2.05, 4.69) is 10.6 Å². The molecule has 0 aromatic heterocycles. The van der Waals surface area contributed by atoms with E-state index < -0.39 is 11.7 Å². The van der Waals surface area contributed by atoms with Crippen molar-refractivity contribution in [2.45, 2.75) is 39.3 Å². The summed E-state index contributed by atoms with van der Waals surface area (Å²) in [6.45, 7) is 6.29. The maximum Gasteiger partial charge on any atom is 0.407 e. The normalized spacial score (nSPS) is 10.8. The second kappa shape index (κ2) is 9.69. The van der Waals surface area contributed by atoms with Gasteiger partial charge < -0.3 is 15.4 Å². The number of hydrogen-bond acceptors (Lipinski definition) is 4. The Labute approximate surface area is 165 Å². The van der Waals surface area contributed by atoms with Crippen LogP contribution >= 0.6 is 0 Å². The van der Waals surface area contributed by atoms with E-state index in [0.717, 1.165) is 11.1 Å². The molecule has 28 heavy (non-hydrogen) atoms. The minimum Gasteiger partial charge on any atom is -0.444 e. The van der Waals surface area contributed by atoms with Crippen molar-refractivity contribution >= 4 is 18.3 Å². The molecular weight excluding hydrogens is 356 g/mol. The lowest BCUT2D eigenvalue weighted by Gasteiger charge is -2.19. The van der Waals surface area contributed by atoms with Crippen LogP contribution in [0.4, 0.5) is 4.79 Å². The molecule has 0 atom stereocenters. The zero-order valence-corrected chi connectivity index (χ0v) is 16.5. The first-order valence-corrected chi connectivity index (χ1v) is 9.15. The molecule has 0 aliphatic heterocycles. The molecule has 148 valence electrons. The van der Waals surface area contributed by atoms with E-state index in [1.807, 2.05) is 45.0 Å². The van der Waals surface area contributed by atoms with Gasteiger partial charge in [0.05, 0.1) is 0 Å². The van der Waals surface area contributed by atoms with Gasteiger partial charge in [0.15, 0.2) is 6.29 Å². The number of rotatable bonds is 7. The van der Waals surface area contributed by atoms with Crippen LogP contribution in [0.5, 0.6) is 0 Å². The fourth-order valence-corrected chi connectivity index (χ4v) is 2.53. The van der Waals surface area contributed by atoms with Gasteiger partial charge in [-0.25, -0.2) is 4.79 Å². The van der Waals surface area contributed by atoms with Crippen molar-refractivity contribution in [2.24, 2.45) is 0 Å². The smallest absolute Gasteiger partial charge is 0.407 e. The van der Waals surface area contributed by atoms with Gasteiger partial charge in [-0.3, -0.25) is 9.59 Å². The van der Waals surface area contributed by atoms with Crippen molar-refractivity contribution in [3.63, 3.8) is 0 Å². The Kier molecular flexibility index (Phi) is 7.32. The first-order valence-electron chi connectivity index (χ1n) is 9.15. The SMILES string of the molecule is CC(C)(C)OC(=O)NCc1ccc(CCNC(=O)c2ccccc2C=O)cc1. The van der Waals surface area contributed by atoms with Crippen LogP contribution < -0.4 is 10.6 Å². The number of hydrogen-bond donors (Lipinski definition) is 2. The van der Waals surface area contributed by atoms with Crippen LogP contribution in [0.3, 0.4) is 0 Å².